The Hall–Kier alpha value is -3.88. The number of benzene rings is 1. The molecule has 0 unspecified atom stereocenters. The molecule has 0 radical (unpaired) electrons. The number of hydrogen-bond acceptors (Lipinski definition) is 5. The predicted molar refractivity (Wildman–Crippen MR) is 116 cm³/mol. The number of rotatable bonds is 7. The molecule has 0 aliphatic heterocycles. The SMILES string of the molecule is N#Cc1cccc(-c2cccc(CN(Cc3ccccn3)Cc3ccccn3)n2)c1. The van der Waals surface area contributed by atoms with E-state index in [2.05, 4.69) is 20.9 Å². The fourth-order valence-corrected chi connectivity index (χ4v) is 3.31. The molecule has 0 spiro atoms. The third kappa shape index (κ3) is 5.13. The summed E-state index contributed by atoms with van der Waals surface area (Å²) in [5, 5.41) is 9.17. The lowest BCUT2D eigenvalue weighted by Crippen LogP contribution is -2.24. The van der Waals surface area contributed by atoms with Crippen LogP contribution in [0.3, 0.4) is 0 Å². The van der Waals surface area contributed by atoms with Crippen molar-refractivity contribution in [2.45, 2.75) is 19.6 Å². The molecule has 3 aromatic heterocycles. The van der Waals surface area contributed by atoms with Crippen LogP contribution in [0, 0.1) is 11.3 Å². The summed E-state index contributed by atoms with van der Waals surface area (Å²) in [6, 6.07) is 27.6. The molecule has 0 aliphatic rings. The first kappa shape index (κ1) is 19.4. The molecule has 0 fully saturated rings. The summed E-state index contributed by atoms with van der Waals surface area (Å²) in [4.78, 5) is 16.1. The zero-order valence-electron chi connectivity index (χ0n) is 16.5. The van der Waals surface area contributed by atoms with Gasteiger partial charge in [-0.25, -0.2) is 0 Å². The summed E-state index contributed by atoms with van der Waals surface area (Å²) in [7, 11) is 0. The number of hydrogen-bond donors (Lipinski definition) is 0. The molecule has 4 aromatic rings. The van der Waals surface area contributed by atoms with Crippen molar-refractivity contribution in [1.82, 2.24) is 19.9 Å². The highest BCUT2D eigenvalue weighted by Gasteiger charge is 2.11. The smallest absolute Gasteiger partial charge is 0.0991 e. The van der Waals surface area contributed by atoms with E-state index in [1.807, 2.05) is 85.2 Å². The van der Waals surface area contributed by atoms with E-state index < -0.39 is 0 Å². The predicted octanol–water partition coefficient (Wildman–Crippen LogP) is 4.61. The maximum absolute atomic E-state index is 9.17. The molecule has 5 nitrogen and oxygen atoms in total. The van der Waals surface area contributed by atoms with Crippen molar-refractivity contribution in [3.8, 4) is 17.3 Å². The molecule has 0 atom stereocenters. The fourth-order valence-electron chi connectivity index (χ4n) is 3.31. The van der Waals surface area contributed by atoms with Crippen molar-refractivity contribution in [3.63, 3.8) is 0 Å². The second-order valence-electron chi connectivity index (χ2n) is 6.99. The molecule has 0 N–H and O–H groups in total. The molecule has 3 heterocycles. The van der Waals surface area contributed by atoms with Gasteiger partial charge in [0, 0.05) is 37.6 Å². The van der Waals surface area contributed by atoms with Crippen LogP contribution in [0.5, 0.6) is 0 Å². The highest BCUT2D eigenvalue weighted by molar-refractivity contribution is 5.61. The van der Waals surface area contributed by atoms with Crippen molar-refractivity contribution in [3.05, 3.63) is 114 Å². The Morgan fingerprint density at radius 3 is 1.97 bits per heavy atom. The van der Waals surface area contributed by atoms with E-state index >= 15 is 0 Å². The molecule has 4 rings (SSSR count). The number of nitrogens with zero attached hydrogens (tertiary/aromatic N) is 5. The van der Waals surface area contributed by atoms with Crippen LogP contribution in [0.2, 0.25) is 0 Å². The minimum absolute atomic E-state index is 0.631. The minimum atomic E-state index is 0.631. The van der Waals surface area contributed by atoms with E-state index in [0.717, 1.165) is 28.3 Å². The molecule has 0 saturated heterocycles. The Morgan fingerprint density at radius 2 is 1.33 bits per heavy atom. The summed E-state index contributed by atoms with van der Waals surface area (Å²) in [6.07, 6.45) is 3.63. The van der Waals surface area contributed by atoms with Gasteiger partial charge in [-0.05, 0) is 48.5 Å². The van der Waals surface area contributed by atoms with Crippen LogP contribution in [-0.2, 0) is 19.6 Å². The molecular weight excluding hydrogens is 370 g/mol. The number of nitriles is 1. The maximum atomic E-state index is 9.17. The molecule has 5 heteroatoms. The van der Waals surface area contributed by atoms with Gasteiger partial charge in [0.05, 0.1) is 34.4 Å². The Morgan fingerprint density at radius 1 is 0.700 bits per heavy atom. The molecule has 0 amide bonds. The van der Waals surface area contributed by atoms with Crippen molar-refractivity contribution in [1.29, 1.82) is 5.26 Å². The van der Waals surface area contributed by atoms with Gasteiger partial charge >= 0.3 is 0 Å². The van der Waals surface area contributed by atoms with Crippen molar-refractivity contribution in [2.24, 2.45) is 0 Å². The topological polar surface area (TPSA) is 65.7 Å². The van der Waals surface area contributed by atoms with Gasteiger partial charge in [-0.3, -0.25) is 19.9 Å². The molecule has 0 bridgehead atoms. The van der Waals surface area contributed by atoms with Gasteiger partial charge in [0.1, 0.15) is 0 Å². The van der Waals surface area contributed by atoms with Gasteiger partial charge in [0.25, 0.3) is 0 Å². The molecular formula is C25H21N5. The normalized spacial score (nSPS) is 10.7. The van der Waals surface area contributed by atoms with Crippen LogP contribution < -0.4 is 0 Å². The monoisotopic (exact) mass is 391 g/mol. The lowest BCUT2D eigenvalue weighted by Gasteiger charge is -2.21. The Labute approximate surface area is 176 Å². The summed E-state index contributed by atoms with van der Waals surface area (Å²) < 4.78 is 0. The van der Waals surface area contributed by atoms with Crippen LogP contribution in [0.15, 0.2) is 91.3 Å². The van der Waals surface area contributed by atoms with Gasteiger partial charge in [0.15, 0.2) is 0 Å². The van der Waals surface area contributed by atoms with Crippen LogP contribution in [0.1, 0.15) is 22.6 Å². The minimum Gasteiger partial charge on any atom is -0.286 e. The largest absolute Gasteiger partial charge is 0.286 e. The van der Waals surface area contributed by atoms with Crippen LogP contribution in [0.4, 0.5) is 0 Å². The summed E-state index contributed by atoms with van der Waals surface area (Å²) in [6.45, 7) is 2.07. The van der Waals surface area contributed by atoms with Gasteiger partial charge in [-0.2, -0.15) is 5.26 Å². The van der Waals surface area contributed by atoms with Gasteiger partial charge in [-0.15, -0.1) is 0 Å². The first-order valence-electron chi connectivity index (χ1n) is 9.79. The number of aromatic nitrogens is 3. The van der Waals surface area contributed by atoms with Crippen LogP contribution in [-0.4, -0.2) is 19.9 Å². The molecule has 30 heavy (non-hydrogen) atoms. The maximum Gasteiger partial charge on any atom is 0.0991 e. The lowest BCUT2D eigenvalue weighted by molar-refractivity contribution is 0.239. The summed E-state index contributed by atoms with van der Waals surface area (Å²) in [5.74, 6) is 0. The zero-order valence-corrected chi connectivity index (χ0v) is 16.5. The van der Waals surface area contributed by atoms with E-state index in [0.29, 0.717) is 25.2 Å². The van der Waals surface area contributed by atoms with Crippen molar-refractivity contribution in [2.75, 3.05) is 0 Å². The lowest BCUT2D eigenvalue weighted by atomic mass is 10.1. The first-order chi connectivity index (χ1) is 14.8. The molecule has 0 saturated carbocycles. The average Bonchev–Trinajstić information content (AvgIpc) is 2.80. The average molecular weight is 391 g/mol. The highest BCUT2D eigenvalue weighted by Crippen LogP contribution is 2.20. The second-order valence-corrected chi connectivity index (χ2v) is 6.99. The molecule has 146 valence electrons. The standard InChI is InChI=1S/C25H21N5/c26-16-20-7-5-8-21(15-20)25-12-6-11-24(29-25)19-30(17-22-9-1-3-13-27-22)18-23-10-2-4-14-28-23/h1-15H,17-19H2. The van der Waals surface area contributed by atoms with E-state index in [1.165, 1.54) is 0 Å². The fraction of sp³-hybridized carbons (Fsp3) is 0.120. The number of pyridine rings is 3. The van der Waals surface area contributed by atoms with Crippen LogP contribution >= 0.6 is 0 Å². The summed E-state index contributed by atoms with van der Waals surface area (Å²) >= 11 is 0. The molecule has 0 aliphatic carbocycles. The van der Waals surface area contributed by atoms with Crippen molar-refractivity contribution >= 4 is 0 Å². The zero-order chi connectivity index (χ0) is 20.6. The first-order valence-corrected chi connectivity index (χ1v) is 9.79. The van der Waals surface area contributed by atoms with E-state index in [4.69, 9.17) is 4.98 Å². The Bertz CT molecular complexity index is 1100. The Kier molecular flexibility index (Phi) is 6.19. The third-order valence-corrected chi connectivity index (χ3v) is 4.70. The van der Waals surface area contributed by atoms with E-state index in [9.17, 15) is 5.26 Å². The Balaban J connectivity index is 1.58. The van der Waals surface area contributed by atoms with E-state index in [-0.39, 0.29) is 0 Å². The highest BCUT2D eigenvalue weighted by atomic mass is 15.1. The van der Waals surface area contributed by atoms with Crippen molar-refractivity contribution < 1.29 is 0 Å². The third-order valence-electron chi connectivity index (χ3n) is 4.70. The summed E-state index contributed by atoms with van der Waals surface area (Å²) in [5.41, 5.74) is 5.41. The van der Waals surface area contributed by atoms with Gasteiger partial charge in [0.2, 0.25) is 0 Å². The van der Waals surface area contributed by atoms with Gasteiger partial charge in [-0.1, -0.05) is 30.3 Å². The molecule has 1 aromatic carbocycles. The quantitative estimate of drug-likeness (QED) is 0.460. The second kappa shape index (κ2) is 9.55. The van der Waals surface area contributed by atoms with Crippen LogP contribution in [0.25, 0.3) is 11.3 Å². The van der Waals surface area contributed by atoms with Gasteiger partial charge < -0.3 is 0 Å². The van der Waals surface area contributed by atoms with E-state index in [1.54, 1.807) is 6.07 Å².